The molecule has 0 saturated heterocycles. The van der Waals surface area contributed by atoms with Crippen molar-refractivity contribution in [2.75, 3.05) is 5.75 Å². The molecule has 2 aromatic rings. The molecule has 1 amide bonds. The Bertz CT molecular complexity index is 892. The first-order valence-corrected chi connectivity index (χ1v) is 10.1. The number of rotatable bonds is 6. The molecule has 1 aliphatic rings. The van der Waals surface area contributed by atoms with Gasteiger partial charge in [0.1, 0.15) is 5.82 Å². The van der Waals surface area contributed by atoms with Crippen molar-refractivity contribution in [2.24, 2.45) is 5.92 Å². The highest BCUT2D eigenvalue weighted by Crippen LogP contribution is 2.21. The summed E-state index contributed by atoms with van der Waals surface area (Å²) >= 11 is 0. The van der Waals surface area contributed by atoms with Crippen molar-refractivity contribution in [3.8, 4) is 0 Å². The maximum Gasteiger partial charge on any atom is 0.223 e. The van der Waals surface area contributed by atoms with Crippen LogP contribution in [0.4, 0.5) is 4.39 Å². The minimum Gasteiger partial charge on any atom is -0.334 e. The van der Waals surface area contributed by atoms with Gasteiger partial charge in [-0.1, -0.05) is 48.5 Å². The molecule has 0 N–H and O–H groups in total. The number of carbonyl (C=O) groups excluding carboxylic acids is 1. The SMILES string of the molecule is O=C(C[C@H]1C=CS(=O)(=O)C1)N(Cc1ccccc1)Cc1ccc(F)cc1. The van der Waals surface area contributed by atoms with E-state index in [0.717, 1.165) is 11.1 Å². The van der Waals surface area contributed by atoms with Crippen molar-refractivity contribution < 1.29 is 17.6 Å². The third kappa shape index (κ3) is 5.02. The predicted octanol–water partition coefficient (Wildman–Crippen LogP) is 3.30. The summed E-state index contributed by atoms with van der Waals surface area (Å²) in [7, 11) is -3.18. The molecule has 2 aromatic carbocycles. The predicted molar refractivity (Wildman–Crippen MR) is 98.1 cm³/mol. The van der Waals surface area contributed by atoms with Gasteiger partial charge in [0.15, 0.2) is 9.84 Å². The highest BCUT2D eigenvalue weighted by atomic mass is 32.2. The summed E-state index contributed by atoms with van der Waals surface area (Å²) in [6.07, 6.45) is 1.73. The minimum atomic E-state index is -3.18. The topological polar surface area (TPSA) is 54.5 Å². The number of halogens is 1. The van der Waals surface area contributed by atoms with Crippen LogP contribution in [0.2, 0.25) is 0 Å². The lowest BCUT2D eigenvalue weighted by atomic mass is 10.1. The number of carbonyl (C=O) groups is 1. The van der Waals surface area contributed by atoms with Crippen LogP contribution in [0.15, 0.2) is 66.1 Å². The van der Waals surface area contributed by atoms with E-state index in [1.165, 1.54) is 17.5 Å². The molecule has 6 heteroatoms. The van der Waals surface area contributed by atoms with Crippen molar-refractivity contribution in [1.29, 1.82) is 0 Å². The third-order valence-corrected chi connectivity index (χ3v) is 5.76. The summed E-state index contributed by atoms with van der Waals surface area (Å²) in [5, 5.41) is 1.19. The Morgan fingerprint density at radius 3 is 2.19 bits per heavy atom. The fourth-order valence-electron chi connectivity index (χ4n) is 2.97. The lowest BCUT2D eigenvalue weighted by Gasteiger charge is -2.24. The van der Waals surface area contributed by atoms with E-state index in [9.17, 15) is 17.6 Å². The van der Waals surface area contributed by atoms with Gasteiger partial charge in [0.25, 0.3) is 0 Å². The van der Waals surface area contributed by atoms with E-state index in [4.69, 9.17) is 0 Å². The highest BCUT2D eigenvalue weighted by Gasteiger charge is 2.26. The average molecular weight is 373 g/mol. The van der Waals surface area contributed by atoms with Gasteiger partial charge >= 0.3 is 0 Å². The minimum absolute atomic E-state index is 0.0194. The number of hydrogen-bond donors (Lipinski definition) is 0. The van der Waals surface area contributed by atoms with Crippen molar-refractivity contribution in [1.82, 2.24) is 4.90 Å². The lowest BCUT2D eigenvalue weighted by molar-refractivity contribution is -0.133. The maximum absolute atomic E-state index is 13.1. The molecular formula is C20H20FNO3S. The summed E-state index contributed by atoms with van der Waals surface area (Å²) in [5.41, 5.74) is 1.81. The second kappa shape index (κ2) is 7.83. The maximum atomic E-state index is 13.1. The fraction of sp³-hybridized carbons (Fsp3) is 0.250. The molecule has 0 unspecified atom stereocenters. The molecule has 0 fully saturated rings. The zero-order chi connectivity index (χ0) is 18.6. The number of amides is 1. The van der Waals surface area contributed by atoms with Gasteiger partial charge in [-0.25, -0.2) is 12.8 Å². The van der Waals surface area contributed by atoms with Crippen LogP contribution in [0.3, 0.4) is 0 Å². The Morgan fingerprint density at radius 2 is 1.62 bits per heavy atom. The first kappa shape index (κ1) is 18.3. The molecule has 0 bridgehead atoms. The van der Waals surface area contributed by atoms with Crippen LogP contribution in [0.25, 0.3) is 0 Å². The first-order chi connectivity index (χ1) is 12.4. The number of allylic oxidation sites excluding steroid dienone is 1. The van der Waals surface area contributed by atoms with E-state index in [1.807, 2.05) is 30.3 Å². The second-order valence-electron chi connectivity index (χ2n) is 6.48. The van der Waals surface area contributed by atoms with Gasteiger partial charge in [-0.05, 0) is 23.3 Å². The summed E-state index contributed by atoms with van der Waals surface area (Å²) < 4.78 is 36.2. The van der Waals surface area contributed by atoms with Crippen LogP contribution in [-0.2, 0) is 27.7 Å². The molecule has 0 radical (unpaired) electrons. The van der Waals surface area contributed by atoms with E-state index in [2.05, 4.69) is 0 Å². The van der Waals surface area contributed by atoms with Gasteiger partial charge in [-0.2, -0.15) is 0 Å². The van der Waals surface area contributed by atoms with E-state index >= 15 is 0 Å². The van der Waals surface area contributed by atoms with Crippen molar-refractivity contribution >= 4 is 15.7 Å². The largest absolute Gasteiger partial charge is 0.334 e. The van der Waals surface area contributed by atoms with Gasteiger partial charge in [0, 0.05) is 30.8 Å². The van der Waals surface area contributed by atoms with E-state index in [0.29, 0.717) is 13.1 Å². The average Bonchev–Trinajstić information content (AvgIpc) is 2.95. The van der Waals surface area contributed by atoms with Crippen LogP contribution in [0.1, 0.15) is 17.5 Å². The molecule has 26 heavy (non-hydrogen) atoms. The van der Waals surface area contributed by atoms with Gasteiger partial charge in [0.05, 0.1) is 5.75 Å². The zero-order valence-electron chi connectivity index (χ0n) is 14.2. The van der Waals surface area contributed by atoms with Crippen molar-refractivity contribution in [3.05, 3.63) is 83.0 Å². The molecule has 4 nitrogen and oxygen atoms in total. The Labute approximate surface area is 152 Å². The van der Waals surface area contributed by atoms with E-state index < -0.39 is 9.84 Å². The second-order valence-corrected chi connectivity index (χ2v) is 8.42. The van der Waals surface area contributed by atoms with Gasteiger partial charge < -0.3 is 4.90 Å². The van der Waals surface area contributed by atoms with Crippen molar-refractivity contribution in [2.45, 2.75) is 19.5 Å². The molecule has 0 saturated carbocycles. The molecule has 1 heterocycles. The Kier molecular flexibility index (Phi) is 5.52. The molecule has 0 aliphatic carbocycles. The molecule has 136 valence electrons. The number of nitrogens with zero attached hydrogens (tertiary/aromatic N) is 1. The monoisotopic (exact) mass is 373 g/mol. The normalized spacial score (nSPS) is 18.0. The standard InChI is InChI=1S/C20H20FNO3S/c21-19-8-6-17(7-9-19)14-22(13-16-4-2-1-3-5-16)20(23)12-18-10-11-26(24,25)15-18/h1-11,18H,12-15H2/t18-/m1/s1. The highest BCUT2D eigenvalue weighted by molar-refractivity contribution is 7.94. The Hall–Kier alpha value is -2.47. The molecule has 1 atom stereocenters. The summed E-state index contributed by atoms with van der Waals surface area (Å²) in [4.78, 5) is 14.5. The van der Waals surface area contributed by atoms with Gasteiger partial charge in [-0.15, -0.1) is 0 Å². The Balaban J connectivity index is 1.74. The number of sulfone groups is 1. The van der Waals surface area contributed by atoms with Crippen molar-refractivity contribution in [3.63, 3.8) is 0 Å². The van der Waals surface area contributed by atoms with Crippen LogP contribution >= 0.6 is 0 Å². The molecule has 3 rings (SSSR count). The van der Waals surface area contributed by atoms with E-state index in [1.54, 1.807) is 23.1 Å². The van der Waals surface area contributed by atoms with Gasteiger partial charge in [0.2, 0.25) is 5.91 Å². The fourth-order valence-corrected chi connectivity index (χ4v) is 4.37. The van der Waals surface area contributed by atoms with Crippen LogP contribution in [0, 0.1) is 11.7 Å². The smallest absolute Gasteiger partial charge is 0.223 e. The number of hydrogen-bond acceptors (Lipinski definition) is 3. The van der Waals surface area contributed by atoms with E-state index in [-0.39, 0.29) is 29.8 Å². The third-order valence-electron chi connectivity index (χ3n) is 4.30. The Morgan fingerprint density at radius 1 is 1.00 bits per heavy atom. The summed E-state index contributed by atoms with van der Waals surface area (Å²) in [5.74, 6) is -0.756. The van der Waals surface area contributed by atoms with Crippen LogP contribution in [0.5, 0.6) is 0 Å². The number of benzene rings is 2. The first-order valence-electron chi connectivity index (χ1n) is 8.38. The zero-order valence-corrected chi connectivity index (χ0v) is 15.0. The lowest BCUT2D eigenvalue weighted by Crippen LogP contribution is -2.31. The summed E-state index contributed by atoms with van der Waals surface area (Å²) in [6.45, 7) is 0.761. The molecular weight excluding hydrogens is 353 g/mol. The molecule has 0 spiro atoms. The van der Waals surface area contributed by atoms with Crippen LogP contribution < -0.4 is 0 Å². The molecule has 0 aromatic heterocycles. The van der Waals surface area contributed by atoms with Crippen LogP contribution in [-0.4, -0.2) is 25.0 Å². The summed E-state index contributed by atoms with van der Waals surface area (Å²) in [6, 6.07) is 15.6. The van der Waals surface area contributed by atoms with Gasteiger partial charge in [-0.3, -0.25) is 4.79 Å². The quantitative estimate of drug-likeness (QED) is 0.781. The molecule has 1 aliphatic heterocycles.